The molecular weight excluding hydrogens is 356 g/mol. The summed E-state index contributed by atoms with van der Waals surface area (Å²) in [5.41, 5.74) is 1.36. The highest BCUT2D eigenvalue weighted by Gasteiger charge is 2.39. The molecule has 0 aliphatic carbocycles. The van der Waals surface area contributed by atoms with Gasteiger partial charge in [0.2, 0.25) is 5.91 Å². The fourth-order valence-corrected chi connectivity index (χ4v) is 2.98. The Hall–Kier alpha value is -3.41. The Labute approximate surface area is 163 Å². The van der Waals surface area contributed by atoms with E-state index in [1.807, 2.05) is 37.3 Å². The maximum atomic E-state index is 12.8. The summed E-state index contributed by atoms with van der Waals surface area (Å²) in [5, 5.41) is 2.67. The molecule has 1 N–H and O–H groups in total. The van der Waals surface area contributed by atoms with Crippen molar-refractivity contribution in [1.29, 1.82) is 0 Å². The molecule has 1 heterocycles. The van der Waals surface area contributed by atoms with Gasteiger partial charge in [-0.2, -0.15) is 0 Å². The van der Waals surface area contributed by atoms with E-state index in [1.165, 1.54) is 4.90 Å². The molecule has 1 saturated heterocycles. The second kappa shape index (κ2) is 8.99. The third-order valence-electron chi connectivity index (χ3n) is 4.46. The van der Waals surface area contributed by atoms with Crippen molar-refractivity contribution in [1.82, 2.24) is 10.2 Å². The molecule has 0 aromatic heterocycles. The van der Waals surface area contributed by atoms with Crippen LogP contribution in [0, 0.1) is 0 Å². The van der Waals surface area contributed by atoms with E-state index >= 15 is 0 Å². The first-order valence-corrected chi connectivity index (χ1v) is 9.09. The van der Waals surface area contributed by atoms with Crippen molar-refractivity contribution in [2.75, 3.05) is 6.54 Å². The van der Waals surface area contributed by atoms with Gasteiger partial charge < -0.3 is 15.0 Å². The van der Waals surface area contributed by atoms with Gasteiger partial charge in [-0.25, -0.2) is 0 Å². The lowest BCUT2D eigenvalue weighted by Gasteiger charge is -2.36. The summed E-state index contributed by atoms with van der Waals surface area (Å²) in [5.74, 6) is -2.52. The van der Waals surface area contributed by atoms with Gasteiger partial charge in [-0.05, 0) is 18.1 Å². The van der Waals surface area contributed by atoms with E-state index in [2.05, 4.69) is 5.32 Å². The van der Waals surface area contributed by atoms with E-state index in [9.17, 15) is 14.4 Å². The minimum absolute atomic E-state index is 0.0771. The van der Waals surface area contributed by atoms with E-state index < -0.39 is 23.8 Å². The Balaban J connectivity index is 1.69. The van der Waals surface area contributed by atoms with Crippen LogP contribution in [-0.4, -0.2) is 35.3 Å². The van der Waals surface area contributed by atoms with Crippen molar-refractivity contribution >= 4 is 17.8 Å². The average Bonchev–Trinajstić information content (AvgIpc) is 2.73. The highest BCUT2D eigenvalue weighted by molar-refractivity contribution is 6.05. The Kier molecular flexibility index (Phi) is 6.22. The van der Waals surface area contributed by atoms with E-state index in [1.54, 1.807) is 42.6 Å². The zero-order chi connectivity index (χ0) is 19.9. The molecule has 1 unspecified atom stereocenters. The normalized spacial score (nSPS) is 17.1. The topological polar surface area (TPSA) is 75.7 Å². The van der Waals surface area contributed by atoms with E-state index in [4.69, 9.17) is 4.74 Å². The molecule has 2 aromatic carbocycles. The molecule has 1 aliphatic heterocycles. The number of amides is 2. The number of rotatable bonds is 7. The van der Waals surface area contributed by atoms with Crippen LogP contribution in [0.5, 0.6) is 0 Å². The highest BCUT2D eigenvalue weighted by Crippen LogP contribution is 2.20. The van der Waals surface area contributed by atoms with E-state index in [0.717, 1.165) is 5.56 Å². The molecule has 2 aromatic rings. The third-order valence-corrected chi connectivity index (χ3v) is 4.46. The predicted molar refractivity (Wildman–Crippen MR) is 104 cm³/mol. The number of nitrogens with one attached hydrogen (secondary N) is 1. The summed E-state index contributed by atoms with van der Waals surface area (Å²) in [6, 6.07) is 17.3. The smallest absolute Gasteiger partial charge is 0.323 e. The van der Waals surface area contributed by atoms with Gasteiger partial charge in [-0.15, -0.1) is 0 Å². The summed E-state index contributed by atoms with van der Waals surface area (Å²) in [7, 11) is 0. The van der Waals surface area contributed by atoms with Crippen molar-refractivity contribution in [3.63, 3.8) is 0 Å². The van der Waals surface area contributed by atoms with Crippen LogP contribution >= 0.6 is 0 Å². The number of likely N-dealkylation sites (tertiary alicyclic amines) is 1. The molecule has 0 radical (unpaired) electrons. The molecule has 6 heteroatoms. The van der Waals surface area contributed by atoms with E-state index in [0.29, 0.717) is 12.1 Å². The van der Waals surface area contributed by atoms with Gasteiger partial charge >= 0.3 is 5.97 Å². The molecule has 144 valence electrons. The molecular formula is C22H22N2O4. The van der Waals surface area contributed by atoms with Crippen LogP contribution in [0.2, 0.25) is 0 Å². The Morgan fingerprint density at radius 2 is 1.79 bits per heavy atom. The molecule has 2 atom stereocenters. The second-order valence-corrected chi connectivity index (χ2v) is 6.47. The van der Waals surface area contributed by atoms with Crippen LogP contribution in [0.25, 0.3) is 0 Å². The van der Waals surface area contributed by atoms with Gasteiger partial charge in [0.15, 0.2) is 5.92 Å². The van der Waals surface area contributed by atoms with E-state index in [-0.39, 0.29) is 12.5 Å². The minimum Gasteiger partial charge on any atom is -0.460 e. The van der Waals surface area contributed by atoms with Crippen molar-refractivity contribution in [3.05, 3.63) is 84.1 Å². The van der Waals surface area contributed by atoms with Crippen LogP contribution in [0.1, 0.15) is 24.0 Å². The lowest BCUT2D eigenvalue weighted by molar-refractivity contribution is -0.152. The number of nitrogens with zero attached hydrogens (tertiary/aromatic N) is 1. The van der Waals surface area contributed by atoms with Crippen LogP contribution in [0.3, 0.4) is 0 Å². The maximum Gasteiger partial charge on any atom is 0.323 e. The zero-order valence-electron chi connectivity index (χ0n) is 15.6. The summed E-state index contributed by atoms with van der Waals surface area (Å²) in [6.07, 6.45) is 3.41. The number of carbonyl (C=O) groups excluding carboxylic acids is 3. The standard InChI is InChI=1S/C22H22N2O4/c1-2-13-24-14-18(21(24)26)23-20(25)19(17-11-7-4-8-12-17)22(27)28-15-16-9-5-3-6-10-16/h2-13,18-19H,14-15H2,1H3,(H,23,25)/t18-,19?/m0/s1. The average molecular weight is 378 g/mol. The first kappa shape index (κ1) is 19.4. The maximum absolute atomic E-state index is 12.8. The van der Waals surface area contributed by atoms with Gasteiger partial charge in [0.05, 0.1) is 6.54 Å². The number of benzene rings is 2. The molecule has 2 amide bonds. The fraction of sp³-hybridized carbons (Fsp3) is 0.227. The largest absolute Gasteiger partial charge is 0.460 e. The first-order valence-electron chi connectivity index (χ1n) is 9.09. The van der Waals surface area contributed by atoms with Gasteiger partial charge in [0.1, 0.15) is 12.6 Å². The summed E-state index contributed by atoms with van der Waals surface area (Å²) in [4.78, 5) is 39.1. The second-order valence-electron chi connectivity index (χ2n) is 6.47. The van der Waals surface area contributed by atoms with Gasteiger partial charge in [0, 0.05) is 6.20 Å². The number of β-lactam (4-membered cyclic amide) rings is 1. The fourth-order valence-electron chi connectivity index (χ4n) is 2.98. The van der Waals surface area contributed by atoms with Crippen molar-refractivity contribution < 1.29 is 19.1 Å². The predicted octanol–water partition coefficient (Wildman–Crippen LogP) is 2.37. The summed E-state index contributed by atoms with van der Waals surface area (Å²) in [6.45, 7) is 2.27. The van der Waals surface area contributed by atoms with Crippen molar-refractivity contribution in [2.24, 2.45) is 0 Å². The Morgan fingerprint density at radius 1 is 1.14 bits per heavy atom. The number of hydrogen-bond acceptors (Lipinski definition) is 4. The SMILES string of the molecule is CC=CN1C[C@H](NC(=O)C(C(=O)OCc2ccccc2)c2ccccc2)C1=O. The lowest BCUT2D eigenvalue weighted by atomic mass is 9.97. The number of ether oxygens (including phenoxy) is 1. The van der Waals surface area contributed by atoms with Gasteiger partial charge in [-0.3, -0.25) is 14.4 Å². The number of hydrogen-bond donors (Lipinski definition) is 1. The Bertz CT molecular complexity index is 865. The minimum atomic E-state index is -1.13. The van der Waals surface area contributed by atoms with Gasteiger partial charge in [0.25, 0.3) is 5.91 Å². The third kappa shape index (κ3) is 4.46. The molecule has 1 fully saturated rings. The monoisotopic (exact) mass is 378 g/mol. The molecule has 6 nitrogen and oxygen atoms in total. The molecule has 1 aliphatic rings. The molecule has 0 saturated carbocycles. The number of esters is 1. The molecule has 0 spiro atoms. The van der Waals surface area contributed by atoms with Crippen LogP contribution in [0.4, 0.5) is 0 Å². The van der Waals surface area contributed by atoms with Crippen molar-refractivity contribution in [2.45, 2.75) is 25.5 Å². The number of allylic oxidation sites excluding steroid dienone is 1. The van der Waals surface area contributed by atoms with Crippen LogP contribution < -0.4 is 5.32 Å². The first-order chi connectivity index (χ1) is 13.6. The van der Waals surface area contributed by atoms with Gasteiger partial charge in [-0.1, -0.05) is 66.7 Å². The quantitative estimate of drug-likeness (QED) is 0.456. The van der Waals surface area contributed by atoms with Crippen LogP contribution in [0.15, 0.2) is 72.9 Å². The zero-order valence-corrected chi connectivity index (χ0v) is 15.6. The molecule has 3 rings (SSSR count). The Morgan fingerprint density at radius 3 is 2.39 bits per heavy atom. The molecule has 28 heavy (non-hydrogen) atoms. The lowest BCUT2D eigenvalue weighted by Crippen LogP contribution is -2.62. The summed E-state index contributed by atoms with van der Waals surface area (Å²) >= 11 is 0. The molecule has 0 bridgehead atoms. The summed E-state index contributed by atoms with van der Waals surface area (Å²) < 4.78 is 5.38. The van der Waals surface area contributed by atoms with Crippen LogP contribution in [-0.2, 0) is 25.7 Å². The van der Waals surface area contributed by atoms with Crippen molar-refractivity contribution in [3.8, 4) is 0 Å². The highest BCUT2D eigenvalue weighted by atomic mass is 16.5. The number of carbonyl (C=O) groups is 3.